The second kappa shape index (κ2) is 3.76. The van der Waals surface area contributed by atoms with Gasteiger partial charge >= 0.3 is 35.5 Å². The van der Waals surface area contributed by atoms with Gasteiger partial charge in [0.2, 0.25) is 12.6 Å². The van der Waals surface area contributed by atoms with Crippen molar-refractivity contribution in [3.05, 3.63) is 12.0 Å². The van der Waals surface area contributed by atoms with E-state index in [2.05, 4.69) is 9.47 Å². The fraction of sp³-hybridized carbons (Fsp3) is 0.250. The van der Waals surface area contributed by atoms with E-state index in [1.54, 1.807) is 0 Å². The van der Waals surface area contributed by atoms with Gasteiger partial charge in [-0.05, 0) is 0 Å². The van der Waals surface area contributed by atoms with Crippen LogP contribution in [-0.4, -0.2) is 47.4 Å². The average Bonchev–Trinajstić information content (AvgIpc) is 2.12. The first-order valence-corrected chi connectivity index (χ1v) is 1.98. The summed E-state index contributed by atoms with van der Waals surface area (Å²) in [7, 11) is 0. The zero-order chi connectivity index (χ0) is 5.98. The number of carboxylic acid groups (broad SMARTS) is 1. The second-order valence-electron chi connectivity index (χ2n) is 1.22. The Balaban J connectivity index is 0.000000640. The molecule has 9 heavy (non-hydrogen) atoms. The Labute approximate surface area is 73.7 Å². The Kier molecular flexibility index (Phi) is 3.68. The van der Waals surface area contributed by atoms with Crippen LogP contribution in [0.25, 0.3) is 0 Å². The molecule has 1 heterocycles. The Hall–Kier alpha value is -0.190. The summed E-state index contributed by atoms with van der Waals surface area (Å²) in [5, 5.41) is 8.14. The van der Waals surface area contributed by atoms with E-state index in [1.165, 1.54) is 0 Å². The molecule has 1 rings (SSSR count). The molecule has 46 valence electrons. The van der Waals surface area contributed by atoms with Crippen molar-refractivity contribution in [2.75, 3.05) is 6.79 Å². The van der Waals surface area contributed by atoms with Gasteiger partial charge < -0.3 is 14.6 Å². The molecule has 0 saturated carbocycles. The van der Waals surface area contributed by atoms with Crippen LogP contribution in [0.3, 0.4) is 0 Å². The van der Waals surface area contributed by atoms with Gasteiger partial charge in [-0.25, -0.2) is 4.79 Å². The summed E-state index contributed by atoms with van der Waals surface area (Å²) >= 11 is 0. The molecule has 4 nitrogen and oxygen atoms in total. The van der Waals surface area contributed by atoms with E-state index in [0.717, 1.165) is 6.26 Å². The first kappa shape index (κ1) is 8.81. The molecule has 1 aliphatic heterocycles. The van der Waals surface area contributed by atoms with Crippen molar-refractivity contribution in [3.8, 4) is 0 Å². The number of aliphatic carboxylic acids is 1. The fourth-order valence-electron chi connectivity index (χ4n) is 0.353. The van der Waals surface area contributed by atoms with Crippen molar-refractivity contribution in [2.24, 2.45) is 0 Å². The number of hydrogen-bond donors (Lipinski definition) is 1. The third kappa shape index (κ3) is 2.26. The van der Waals surface area contributed by atoms with Crippen molar-refractivity contribution in [2.45, 2.75) is 0 Å². The zero-order valence-electron chi connectivity index (χ0n) is 3.96. The van der Waals surface area contributed by atoms with Gasteiger partial charge in [-0.1, -0.05) is 0 Å². The van der Waals surface area contributed by atoms with E-state index in [9.17, 15) is 4.79 Å². The average molecular weight is 140 g/mol. The molecular formula is C4H5NaO4. The molecule has 1 aliphatic rings. The number of carboxylic acids is 1. The summed E-state index contributed by atoms with van der Waals surface area (Å²) in [5.74, 6) is -1.23. The van der Waals surface area contributed by atoms with E-state index in [4.69, 9.17) is 5.11 Å². The van der Waals surface area contributed by atoms with Gasteiger partial charge in [0.25, 0.3) is 0 Å². The SMILES string of the molecule is O=C(O)C1=COCO1.[NaH]. The van der Waals surface area contributed by atoms with Gasteiger partial charge in [-0.2, -0.15) is 0 Å². The molecule has 0 fully saturated rings. The van der Waals surface area contributed by atoms with Gasteiger partial charge in [0, 0.05) is 0 Å². The molecule has 0 atom stereocenters. The van der Waals surface area contributed by atoms with E-state index in [1.807, 2.05) is 0 Å². The maximum absolute atomic E-state index is 9.93. The van der Waals surface area contributed by atoms with Crippen molar-refractivity contribution < 1.29 is 19.4 Å². The Morgan fingerprint density at radius 3 is 2.67 bits per heavy atom. The monoisotopic (exact) mass is 140 g/mol. The topological polar surface area (TPSA) is 55.8 Å². The van der Waals surface area contributed by atoms with Crippen LogP contribution in [0.1, 0.15) is 0 Å². The normalized spacial score (nSPS) is 14.4. The fourth-order valence-corrected chi connectivity index (χ4v) is 0.353. The predicted molar refractivity (Wildman–Crippen MR) is 29.9 cm³/mol. The Morgan fingerprint density at radius 1 is 1.78 bits per heavy atom. The summed E-state index contributed by atoms with van der Waals surface area (Å²) in [6.45, 7) is 0.0155. The summed E-state index contributed by atoms with van der Waals surface area (Å²) in [4.78, 5) is 9.93. The second-order valence-corrected chi connectivity index (χ2v) is 1.22. The third-order valence-corrected chi connectivity index (χ3v) is 0.684. The van der Waals surface area contributed by atoms with Crippen molar-refractivity contribution in [1.82, 2.24) is 0 Å². The van der Waals surface area contributed by atoms with Crippen LogP contribution in [0.2, 0.25) is 0 Å². The van der Waals surface area contributed by atoms with E-state index >= 15 is 0 Å². The van der Waals surface area contributed by atoms with Crippen LogP contribution < -0.4 is 0 Å². The number of hydrogen-bond acceptors (Lipinski definition) is 3. The van der Waals surface area contributed by atoms with Crippen LogP contribution in [0.5, 0.6) is 0 Å². The molecule has 0 aromatic heterocycles. The van der Waals surface area contributed by atoms with E-state index < -0.39 is 5.97 Å². The van der Waals surface area contributed by atoms with Gasteiger partial charge in [-0.15, -0.1) is 0 Å². The number of rotatable bonds is 1. The minimum absolute atomic E-state index is 0. The summed E-state index contributed by atoms with van der Waals surface area (Å²) in [6.07, 6.45) is 1.07. The van der Waals surface area contributed by atoms with Gasteiger partial charge in [0.05, 0.1) is 0 Å². The van der Waals surface area contributed by atoms with Crippen LogP contribution in [-0.2, 0) is 14.3 Å². The molecule has 0 aliphatic carbocycles. The van der Waals surface area contributed by atoms with Crippen LogP contribution in [0, 0.1) is 0 Å². The molecule has 0 spiro atoms. The molecule has 0 aromatic rings. The van der Waals surface area contributed by atoms with Crippen LogP contribution >= 0.6 is 0 Å². The molecule has 5 heteroatoms. The first-order chi connectivity index (χ1) is 3.80. The van der Waals surface area contributed by atoms with Crippen molar-refractivity contribution in [1.29, 1.82) is 0 Å². The van der Waals surface area contributed by atoms with Gasteiger partial charge in [-0.3, -0.25) is 0 Å². The standard InChI is InChI=1S/C4H4O4.Na.H/c5-4(6)3-1-7-2-8-3;;/h1H,2H2,(H,5,6);;. The molecule has 0 amide bonds. The van der Waals surface area contributed by atoms with Gasteiger partial charge in [0.15, 0.2) is 0 Å². The molecule has 0 saturated heterocycles. The van der Waals surface area contributed by atoms with Crippen LogP contribution in [0.15, 0.2) is 12.0 Å². The predicted octanol–water partition coefficient (Wildman–Crippen LogP) is -0.732. The quantitative estimate of drug-likeness (QED) is 0.488. The summed E-state index contributed by atoms with van der Waals surface area (Å²) < 4.78 is 8.91. The third-order valence-electron chi connectivity index (χ3n) is 0.684. The van der Waals surface area contributed by atoms with Crippen molar-refractivity contribution in [3.63, 3.8) is 0 Å². The molecule has 1 N–H and O–H groups in total. The first-order valence-electron chi connectivity index (χ1n) is 1.98. The molecule has 0 bridgehead atoms. The van der Waals surface area contributed by atoms with Crippen LogP contribution in [0.4, 0.5) is 0 Å². The molecule has 0 unspecified atom stereocenters. The maximum atomic E-state index is 9.93. The van der Waals surface area contributed by atoms with E-state index in [0.29, 0.717) is 0 Å². The van der Waals surface area contributed by atoms with Crippen molar-refractivity contribution >= 4 is 35.5 Å². The molecule has 0 aromatic carbocycles. The zero-order valence-corrected chi connectivity index (χ0v) is 3.96. The number of ether oxygens (including phenoxy) is 2. The Morgan fingerprint density at radius 2 is 2.44 bits per heavy atom. The van der Waals surface area contributed by atoms with E-state index in [-0.39, 0.29) is 42.1 Å². The molecular weight excluding hydrogens is 135 g/mol. The molecule has 0 radical (unpaired) electrons. The van der Waals surface area contributed by atoms with Gasteiger partial charge in [0.1, 0.15) is 6.26 Å². The summed E-state index contributed by atoms with van der Waals surface area (Å²) in [6, 6.07) is 0. The Bertz CT molecular complexity index is 142. The minimum atomic E-state index is -1.09. The number of carbonyl (C=O) groups is 1. The summed E-state index contributed by atoms with van der Waals surface area (Å²) in [5.41, 5.74) is 0.